The number of amides is 1. The lowest BCUT2D eigenvalue weighted by molar-refractivity contribution is -0.119. The molecule has 0 saturated carbocycles. The predicted molar refractivity (Wildman–Crippen MR) is 73.8 cm³/mol. The molecule has 0 radical (unpaired) electrons. The summed E-state index contributed by atoms with van der Waals surface area (Å²) in [5, 5.41) is 0. The Bertz CT molecular complexity index is 433. The van der Waals surface area contributed by atoms with Crippen molar-refractivity contribution in [2.75, 3.05) is 31.6 Å². The molecule has 1 aromatic heterocycles. The highest BCUT2D eigenvalue weighted by molar-refractivity contribution is 5.75. The lowest BCUT2D eigenvalue weighted by atomic mass is 10.0. The third kappa shape index (κ3) is 3.64. The Morgan fingerprint density at radius 1 is 1.53 bits per heavy atom. The third-order valence-corrected chi connectivity index (χ3v) is 3.49. The lowest BCUT2D eigenvalue weighted by Crippen LogP contribution is -2.49. The van der Waals surface area contributed by atoms with Gasteiger partial charge in [-0.25, -0.2) is 9.97 Å². The van der Waals surface area contributed by atoms with Gasteiger partial charge in [-0.05, 0) is 31.9 Å². The second-order valence-corrected chi connectivity index (χ2v) is 5.17. The predicted octanol–water partition coefficient (Wildman–Crippen LogP) is 0.171. The Balaban J connectivity index is 2.00. The van der Waals surface area contributed by atoms with Crippen LogP contribution in [0.5, 0.6) is 0 Å². The molecule has 0 aliphatic carbocycles. The molecule has 2 N–H and O–H groups in total. The van der Waals surface area contributed by atoms with E-state index in [1.165, 1.54) is 0 Å². The Morgan fingerprint density at radius 3 is 2.84 bits per heavy atom. The van der Waals surface area contributed by atoms with Gasteiger partial charge in [-0.3, -0.25) is 9.69 Å². The first-order chi connectivity index (χ1) is 9.06. The largest absolute Gasteiger partial charge is 0.369 e. The number of hydrogen-bond donors (Lipinski definition) is 1. The molecule has 0 aromatic carbocycles. The van der Waals surface area contributed by atoms with E-state index in [9.17, 15) is 4.79 Å². The minimum Gasteiger partial charge on any atom is -0.369 e. The number of likely N-dealkylation sites (N-methyl/N-ethyl adjacent to an activating group) is 1. The Labute approximate surface area is 113 Å². The molecule has 1 atom stereocenters. The van der Waals surface area contributed by atoms with Crippen LogP contribution >= 0.6 is 0 Å². The van der Waals surface area contributed by atoms with Crippen LogP contribution in [0, 0.1) is 6.92 Å². The standard InChI is InChI=1S/C13H21N5O/c1-10-6-15-13(16-7-10)17(2)11-4-3-5-18(8-11)9-12(14)19/h6-7,11H,3-5,8-9H2,1-2H3,(H2,14,19). The molecule has 104 valence electrons. The number of carbonyl (C=O) groups is 1. The van der Waals surface area contributed by atoms with Gasteiger partial charge in [-0.1, -0.05) is 0 Å². The van der Waals surface area contributed by atoms with Crippen molar-refractivity contribution in [1.29, 1.82) is 0 Å². The van der Waals surface area contributed by atoms with Gasteiger partial charge in [0.2, 0.25) is 11.9 Å². The smallest absolute Gasteiger partial charge is 0.231 e. The fourth-order valence-electron chi connectivity index (χ4n) is 2.44. The van der Waals surface area contributed by atoms with Crippen molar-refractivity contribution in [2.24, 2.45) is 5.73 Å². The second-order valence-electron chi connectivity index (χ2n) is 5.17. The topological polar surface area (TPSA) is 75.3 Å². The number of aromatic nitrogens is 2. The summed E-state index contributed by atoms with van der Waals surface area (Å²) in [7, 11) is 2.00. The molecule has 1 aliphatic rings. The molecule has 2 rings (SSSR count). The molecule has 6 nitrogen and oxygen atoms in total. The summed E-state index contributed by atoms with van der Waals surface area (Å²) in [6.07, 6.45) is 5.79. The van der Waals surface area contributed by atoms with E-state index in [0.29, 0.717) is 12.6 Å². The van der Waals surface area contributed by atoms with Gasteiger partial charge in [0.05, 0.1) is 6.54 Å². The zero-order valence-electron chi connectivity index (χ0n) is 11.5. The zero-order valence-corrected chi connectivity index (χ0v) is 11.5. The number of hydrogen-bond acceptors (Lipinski definition) is 5. The molecule has 1 aliphatic heterocycles. The number of anilines is 1. The van der Waals surface area contributed by atoms with E-state index >= 15 is 0 Å². The average Bonchev–Trinajstić information content (AvgIpc) is 2.38. The number of likely N-dealkylation sites (tertiary alicyclic amines) is 1. The molecule has 1 saturated heterocycles. The van der Waals surface area contributed by atoms with E-state index in [1.54, 1.807) is 0 Å². The highest BCUT2D eigenvalue weighted by atomic mass is 16.1. The Hall–Kier alpha value is -1.69. The van der Waals surface area contributed by atoms with Gasteiger partial charge >= 0.3 is 0 Å². The zero-order chi connectivity index (χ0) is 13.8. The van der Waals surface area contributed by atoms with E-state index < -0.39 is 0 Å². The van der Waals surface area contributed by atoms with Gasteiger partial charge < -0.3 is 10.6 Å². The summed E-state index contributed by atoms with van der Waals surface area (Å²) in [6.45, 7) is 4.07. The van der Waals surface area contributed by atoms with E-state index in [4.69, 9.17) is 5.73 Å². The molecule has 19 heavy (non-hydrogen) atoms. The fraction of sp³-hybridized carbons (Fsp3) is 0.615. The minimum absolute atomic E-state index is 0.269. The molecule has 1 fully saturated rings. The normalized spacial score (nSPS) is 20.2. The van der Waals surface area contributed by atoms with E-state index in [2.05, 4.69) is 19.8 Å². The van der Waals surface area contributed by atoms with Crippen molar-refractivity contribution in [3.05, 3.63) is 18.0 Å². The molecule has 1 unspecified atom stereocenters. The van der Waals surface area contributed by atoms with E-state index in [0.717, 1.165) is 37.4 Å². The van der Waals surface area contributed by atoms with Gasteiger partial charge in [0, 0.05) is 32.0 Å². The summed E-state index contributed by atoms with van der Waals surface area (Å²) in [4.78, 5) is 23.9. The van der Waals surface area contributed by atoms with Crippen LogP contribution in [-0.4, -0.2) is 53.5 Å². The van der Waals surface area contributed by atoms with Crippen molar-refractivity contribution < 1.29 is 4.79 Å². The van der Waals surface area contributed by atoms with Crippen molar-refractivity contribution >= 4 is 11.9 Å². The van der Waals surface area contributed by atoms with Gasteiger partial charge in [0.15, 0.2) is 0 Å². The van der Waals surface area contributed by atoms with E-state index in [-0.39, 0.29) is 5.91 Å². The fourth-order valence-corrected chi connectivity index (χ4v) is 2.44. The lowest BCUT2D eigenvalue weighted by Gasteiger charge is -2.37. The van der Waals surface area contributed by atoms with Crippen LogP contribution in [-0.2, 0) is 4.79 Å². The SMILES string of the molecule is Cc1cnc(N(C)C2CCCN(CC(N)=O)C2)nc1. The van der Waals surface area contributed by atoms with Crippen LogP contribution in [0.15, 0.2) is 12.4 Å². The monoisotopic (exact) mass is 263 g/mol. The van der Waals surface area contributed by atoms with Crippen molar-refractivity contribution in [1.82, 2.24) is 14.9 Å². The van der Waals surface area contributed by atoms with Crippen LogP contribution < -0.4 is 10.6 Å². The first kappa shape index (κ1) is 13.7. The van der Waals surface area contributed by atoms with Gasteiger partial charge in [0.25, 0.3) is 0 Å². The third-order valence-electron chi connectivity index (χ3n) is 3.49. The highest BCUT2D eigenvalue weighted by Gasteiger charge is 2.25. The van der Waals surface area contributed by atoms with Crippen LogP contribution in [0.1, 0.15) is 18.4 Å². The maximum atomic E-state index is 11.0. The van der Waals surface area contributed by atoms with Crippen LogP contribution in [0.25, 0.3) is 0 Å². The average molecular weight is 263 g/mol. The molecule has 6 heteroatoms. The maximum absolute atomic E-state index is 11.0. The number of primary amides is 1. The number of rotatable bonds is 4. The second kappa shape index (κ2) is 5.97. The number of nitrogens with two attached hydrogens (primary N) is 1. The molecule has 2 heterocycles. The summed E-state index contributed by atoms with van der Waals surface area (Å²) in [6, 6.07) is 0.329. The Morgan fingerprint density at radius 2 is 2.21 bits per heavy atom. The quantitative estimate of drug-likeness (QED) is 0.838. The van der Waals surface area contributed by atoms with Crippen molar-refractivity contribution in [3.8, 4) is 0 Å². The summed E-state index contributed by atoms with van der Waals surface area (Å²) >= 11 is 0. The first-order valence-electron chi connectivity index (χ1n) is 6.58. The molecule has 0 spiro atoms. The van der Waals surface area contributed by atoms with Crippen LogP contribution in [0.4, 0.5) is 5.95 Å². The number of piperidine rings is 1. The number of nitrogens with zero attached hydrogens (tertiary/aromatic N) is 4. The van der Waals surface area contributed by atoms with E-state index in [1.807, 2.05) is 26.4 Å². The molecular formula is C13H21N5O. The van der Waals surface area contributed by atoms with Gasteiger partial charge in [0.1, 0.15) is 0 Å². The molecular weight excluding hydrogens is 242 g/mol. The molecule has 0 bridgehead atoms. The van der Waals surface area contributed by atoms with Crippen LogP contribution in [0.3, 0.4) is 0 Å². The minimum atomic E-state index is -0.269. The summed E-state index contributed by atoms with van der Waals surface area (Å²) in [5.41, 5.74) is 6.31. The van der Waals surface area contributed by atoms with Gasteiger partial charge in [-0.15, -0.1) is 0 Å². The highest BCUT2D eigenvalue weighted by Crippen LogP contribution is 2.18. The Kier molecular flexibility index (Phi) is 4.31. The summed E-state index contributed by atoms with van der Waals surface area (Å²) < 4.78 is 0. The maximum Gasteiger partial charge on any atom is 0.231 e. The number of carbonyl (C=O) groups excluding carboxylic acids is 1. The number of aryl methyl sites for hydroxylation is 1. The van der Waals surface area contributed by atoms with Crippen molar-refractivity contribution in [3.63, 3.8) is 0 Å². The molecule has 1 aromatic rings. The van der Waals surface area contributed by atoms with Crippen LogP contribution in [0.2, 0.25) is 0 Å². The van der Waals surface area contributed by atoms with Crippen molar-refractivity contribution in [2.45, 2.75) is 25.8 Å². The molecule has 1 amide bonds. The van der Waals surface area contributed by atoms with Gasteiger partial charge in [-0.2, -0.15) is 0 Å². The first-order valence-corrected chi connectivity index (χ1v) is 6.58. The summed E-state index contributed by atoms with van der Waals surface area (Å²) in [5.74, 6) is 0.464.